The van der Waals surface area contributed by atoms with Crippen LogP contribution in [0.2, 0.25) is 0 Å². The van der Waals surface area contributed by atoms with Crippen LogP contribution in [0.15, 0.2) is 24.3 Å². The Morgan fingerprint density at radius 2 is 1.87 bits per heavy atom. The highest BCUT2D eigenvalue weighted by Gasteiger charge is 2.28. The molecular formula is C14H15F3N2O4. The summed E-state index contributed by atoms with van der Waals surface area (Å²) in [6.45, 7) is -0.0431. The van der Waals surface area contributed by atoms with Gasteiger partial charge in [0.2, 0.25) is 11.8 Å². The van der Waals surface area contributed by atoms with Gasteiger partial charge in [-0.1, -0.05) is 12.1 Å². The Labute approximate surface area is 129 Å². The van der Waals surface area contributed by atoms with Gasteiger partial charge >= 0.3 is 12.1 Å². The van der Waals surface area contributed by atoms with Crippen LogP contribution in [0.25, 0.3) is 0 Å². The highest BCUT2D eigenvalue weighted by Crippen LogP contribution is 2.19. The van der Waals surface area contributed by atoms with Gasteiger partial charge in [0.25, 0.3) is 0 Å². The van der Waals surface area contributed by atoms with Gasteiger partial charge in [0.05, 0.1) is 5.92 Å². The van der Waals surface area contributed by atoms with E-state index in [9.17, 15) is 27.6 Å². The van der Waals surface area contributed by atoms with Gasteiger partial charge in [-0.2, -0.15) is 13.2 Å². The molecule has 1 atom stereocenters. The van der Waals surface area contributed by atoms with Crippen LogP contribution in [-0.4, -0.2) is 35.6 Å². The first kappa shape index (κ1) is 18.5. The third-order valence-electron chi connectivity index (χ3n) is 2.85. The zero-order chi connectivity index (χ0) is 17.6. The molecule has 0 radical (unpaired) electrons. The molecule has 0 aliphatic rings. The van der Waals surface area contributed by atoms with Gasteiger partial charge < -0.3 is 15.7 Å². The lowest BCUT2D eigenvalue weighted by Crippen LogP contribution is -2.35. The first-order chi connectivity index (χ1) is 10.6. The Bertz CT molecular complexity index is 602. The van der Waals surface area contributed by atoms with Crippen LogP contribution in [0.3, 0.4) is 0 Å². The molecule has 0 fully saturated rings. The summed E-state index contributed by atoms with van der Waals surface area (Å²) in [5.74, 6) is -3.69. The molecule has 6 nitrogen and oxygen atoms in total. The predicted octanol–water partition coefficient (Wildman–Crippen LogP) is 1.88. The van der Waals surface area contributed by atoms with Crippen LogP contribution < -0.4 is 10.6 Å². The molecule has 0 saturated heterocycles. The van der Waals surface area contributed by atoms with E-state index in [0.29, 0.717) is 5.56 Å². The Hall–Kier alpha value is -2.58. The minimum atomic E-state index is -4.55. The predicted molar refractivity (Wildman–Crippen MR) is 74.8 cm³/mol. The summed E-state index contributed by atoms with van der Waals surface area (Å²) in [7, 11) is 0. The summed E-state index contributed by atoms with van der Waals surface area (Å²) in [5, 5.41) is 12.8. The molecule has 23 heavy (non-hydrogen) atoms. The van der Waals surface area contributed by atoms with Crippen molar-refractivity contribution in [3.8, 4) is 0 Å². The molecule has 0 bridgehead atoms. The van der Waals surface area contributed by atoms with Crippen molar-refractivity contribution in [1.82, 2.24) is 5.32 Å². The third kappa shape index (κ3) is 6.81. The number of amides is 2. The number of hydrogen-bond acceptors (Lipinski definition) is 3. The highest BCUT2D eigenvalue weighted by molar-refractivity contribution is 6.03. The van der Waals surface area contributed by atoms with E-state index in [4.69, 9.17) is 5.11 Å². The lowest BCUT2D eigenvalue weighted by atomic mass is 10.0. The van der Waals surface area contributed by atoms with E-state index >= 15 is 0 Å². The molecule has 0 aromatic heterocycles. The molecule has 0 heterocycles. The molecule has 2 amide bonds. The fourth-order valence-electron chi connectivity index (χ4n) is 1.64. The second-order valence-corrected chi connectivity index (χ2v) is 4.80. The topological polar surface area (TPSA) is 95.5 Å². The normalized spacial score (nSPS) is 12.3. The van der Waals surface area contributed by atoms with E-state index in [1.807, 2.05) is 0 Å². The average Bonchev–Trinajstić information content (AvgIpc) is 2.43. The van der Waals surface area contributed by atoms with Crippen molar-refractivity contribution in [3.63, 3.8) is 0 Å². The van der Waals surface area contributed by atoms with Crippen LogP contribution in [-0.2, 0) is 14.4 Å². The Balaban J connectivity index is 2.59. The van der Waals surface area contributed by atoms with Gasteiger partial charge in [0.1, 0.15) is 13.0 Å². The number of rotatable bonds is 6. The number of alkyl halides is 3. The first-order valence-corrected chi connectivity index (χ1v) is 6.54. The van der Waals surface area contributed by atoms with Crippen molar-refractivity contribution < 1.29 is 32.7 Å². The quantitative estimate of drug-likeness (QED) is 0.693. The van der Waals surface area contributed by atoms with Crippen molar-refractivity contribution in [2.75, 3.05) is 11.9 Å². The Kier molecular flexibility index (Phi) is 6.11. The monoisotopic (exact) mass is 332 g/mol. The number of hydrogen-bond donors (Lipinski definition) is 3. The molecule has 1 aromatic carbocycles. The largest absolute Gasteiger partial charge is 0.481 e. The summed E-state index contributed by atoms with van der Waals surface area (Å²) < 4.78 is 35.8. The van der Waals surface area contributed by atoms with E-state index in [1.165, 1.54) is 25.1 Å². The number of carboxylic acids is 1. The fraction of sp³-hybridized carbons (Fsp3) is 0.357. The van der Waals surface area contributed by atoms with Gasteiger partial charge in [-0.25, -0.2) is 0 Å². The van der Waals surface area contributed by atoms with E-state index in [1.54, 1.807) is 11.4 Å². The molecule has 0 saturated carbocycles. The van der Waals surface area contributed by atoms with Crippen LogP contribution in [0.5, 0.6) is 0 Å². The van der Waals surface area contributed by atoms with Crippen molar-refractivity contribution in [1.29, 1.82) is 0 Å². The lowest BCUT2D eigenvalue weighted by molar-refractivity contribution is -0.140. The number of carboxylic acid groups (broad SMARTS) is 1. The summed E-state index contributed by atoms with van der Waals surface area (Å²) in [6.07, 6.45) is -5.32. The average molecular weight is 332 g/mol. The maximum atomic E-state index is 11.9. The zero-order valence-corrected chi connectivity index (χ0v) is 12.1. The number of halogens is 3. The molecule has 0 aliphatic heterocycles. The number of nitrogens with one attached hydrogen (secondary N) is 2. The molecule has 0 aliphatic carbocycles. The molecule has 1 unspecified atom stereocenters. The summed E-state index contributed by atoms with van der Waals surface area (Å²) in [5.41, 5.74) is 0.695. The van der Waals surface area contributed by atoms with Crippen molar-refractivity contribution >= 4 is 23.5 Å². The van der Waals surface area contributed by atoms with Crippen LogP contribution >= 0.6 is 0 Å². The molecule has 3 N–H and O–H groups in total. The Morgan fingerprint density at radius 3 is 2.43 bits per heavy atom. The second-order valence-electron chi connectivity index (χ2n) is 4.80. The molecule has 0 spiro atoms. The number of carbonyl (C=O) groups is 3. The summed E-state index contributed by atoms with van der Waals surface area (Å²) >= 11 is 0. The van der Waals surface area contributed by atoms with Gasteiger partial charge in [0.15, 0.2) is 0 Å². The van der Waals surface area contributed by atoms with Gasteiger partial charge in [-0.3, -0.25) is 14.4 Å². The van der Waals surface area contributed by atoms with Crippen LogP contribution in [0.4, 0.5) is 18.9 Å². The number of carbonyl (C=O) groups excluding carboxylic acids is 2. The zero-order valence-electron chi connectivity index (χ0n) is 12.1. The molecule has 1 rings (SSSR count). The van der Waals surface area contributed by atoms with Gasteiger partial charge in [-0.05, 0) is 24.6 Å². The minimum Gasteiger partial charge on any atom is -0.481 e. The number of aliphatic carboxylic acids is 1. The number of benzene rings is 1. The number of anilines is 1. The Morgan fingerprint density at radius 1 is 1.22 bits per heavy atom. The molecule has 9 heteroatoms. The van der Waals surface area contributed by atoms with E-state index in [0.717, 1.165) is 0 Å². The summed E-state index contributed by atoms with van der Waals surface area (Å²) in [6, 6.07) is 5.98. The van der Waals surface area contributed by atoms with Gasteiger partial charge in [0, 0.05) is 5.69 Å². The van der Waals surface area contributed by atoms with Crippen LogP contribution in [0.1, 0.15) is 24.8 Å². The molecule has 1 aromatic rings. The van der Waals surface area contributed by atoms with Crippen LogP contribution in [0, 0.1) is 0 Å². The van der Waals surface area contributed by atoms with E-state index < -0.39 is 42.8 Å². The van der Waals surface area contributed by atoms with E-state index in [-0.39, 0.29) is 5.69 Å². The maximum Gasteiger partial charge on any atom is 0.405 e. The SMILES string of the molecule is CC(C(=O)O)c1cccc(NC(=O)CC(=O)NCC(F)(F)F)c1. The third-order valence-corrected chi connectivity index (χ3v) is 2.85. The molecule has 126 valence electrons. The standard InChI is InChI=1S/C14H15F3N2O4/c1-8(13(22)23)9-3-2-4-10(5-9)19-12(21)6-11(20)18-7-14(15,16)17/h2-5,8H,6-7H2,1H3,(H,18,20)(H,19,21)(H,22,23). The van der Waals surface area contributed by atoms with Crippen molar-refractivity contribution in [3.05, 3.63) is 29.8 Å². The van der Waals surface area contributed by atoms with Crippen molar-refractivity contribution in [2.24, 2.45) is 0 Å². The minimum absolute atomic E-state index is 0.254. The summed E-state index contributed by atoms with van der Waals surface area (Å²) in [4.78, 5) is 33.7. The smallest absolute Gasteiger partial charge is 0.405 e. The fourth-order valence-corrected chi connectivity index (χ4v) is 1.64. The van der Waals surface area contributed by atoms with Crippen molar-refractivity contribution in [2.45, 2.75) is 25.4 Å². The first-order valence-electron chi connectivity index (χ1n) is 6.54. The lowest BCUT2D eigenvalue weighted by Gasteiger charge is -2.11. The van der Waals surface area contributed by atoms with Gasteiger partial charge in [-0.15, -0.1) is 0 Å². The highest BCUT2D eigenvalue weighted by atomic mass is 19.4. The van der Waals surface area contributed by atoms with E-state index in [2.05, 4.69) is 5.32 Å². The molecular weight excluding hydrogens is 317 g/mol. The maximum absolute atomic E-state index is 11.9. The second kappa shape index (κ2) is 7.61.